The predicted octanol–water partition coefficient (Wildman–Crippen LogP) is 23.6. The van der Waals surface area contributed by atoms with Crippen molar-refractivity contribution in [2.24, 2.45) is 5.92 Å². The van der Waals surface area contributed by atoms with Crippen LogP contribution >= 0.6 is 15.6 Å². The van der Waals surface area contributed by atoms with Gasteiger partial charge >= 0.3 is 39.5 Å². The van der Waals surface area contributed by atoms with Crippen molar-refractivity contribution >= 4 is 39.5 Å². The maximum absolute atomic E-state index is 13.1. The Kier molecular flexibility index (Phi) is 70.6. The van der Waals surface area contributed by atoms with Gasteiger partial charge in [-0.15, -0.1) is 0 Å². The van der Waals surface area contributed by atoms with E-state index in [4.69, 9.17) is 37.0 Å². The van der Waals surface area contributed by atoms with Crippen LogP contribution in [-0.2, 0) is 65.4 Å². The molecule has 3 N–H and O–H groups in total. The number of unbranched alkanes of at least 4 members (excludes halogenated alkanes) is 50. The van der Waals surface area contributed by atoms with Crippen molar-refractivity contribution in [2.75, 3.05) is 39.6 Å². The highest BCUT2D eigenvalue weighted by Crippen LogP contribution is 2.45. The number of ether oxygens (including phenoxy) is 4. The summed E-state index contributed by atoms with van der Waals surface area (Å²) < 4.78 is 68.7. The topological polar surface area (TPSA) is 237 Å². The van der Waals surface area contributed by atoms with Gasteiger partial charge in [0.15, 0.2) is 12.2 Å². The molecule has 6 atom stereocenters. The van der Waals surface area contributed by atoms with Crippen LogP contribution in [0.2, 0.25) is 0 Å². The summed E-state index contributed by atoms with van der Waals surface area (Å²) >= 11 is 0. The largest absolute Gasteiger partial charge is 0.472 e. The highest BCUT2D eigenvalue weighted by atomic mass is 31.2. The van der Waals surface area contributed by atoms with Gasteiger partial charge in [0.2, 0.25) is 0 Å². The van der Waals surface area contributed by atoms with E-state index in [-0.39, 0.29) is 25.7 Å². The van der Waals surface area contributed by atoms with Crippen molar-refractivity contribution < 1.29 is 80.2 Å². The number of phosphoric ester groups is 2. The molecule has 17 nitrogen and oxygen atoms in total. The van der Waals surface area contributed by atoms with Gasteiger partial charge in [0.1, 0.15) is 19.3 Å². The predicted molar refractivity (Wildman–Crippen MR) is 400 cm³/mol. The lowest BCUT2D eigenvalue weighted by Gasteiger charge is -2.21. The molecule has 0 rings (SSSR count). The fourth-order valence-electron chi connectivity index (χ4n) is 12.2. The van der Waals surface area contributed by atoms with Gasteiger partial charge in [0, 0.05) is 25.7 Å². The maximum Gasteiger partial charge on any atom is 0.472 e. The van der Waals surface area contributed by atoms with E-state index in [9.17, 15) is 43.2 Å². The Hall–Kier alpha value is -1.94. The van der Waals surface area contributed by atoms with E-state index < -0.39 is 97.5 Å². The van der Waals surface area contributed by atoms with Crippen molar-refractivity contribution in [3.8, 4) is 0 Å². The zero-order valence-electron chi connectivity index (χ0n) is 63.9. The molecule has 0 radical (unpaired) electrons. The fraction of sp³-hybridized carbons (Fsp3) is 0.949. The number of aliphatic hydroxyl groups excluding tert-OH is 1. The zero-order chi connectivity index (χ0) is 71.9. The molecule has 0 aromatic carbocycles. The standard InChI is InChI=1S/C79H154O17P2/c1-6-10-13-16-19-22-25-28-31-33-36-39-42-45-48-55-60-64-78(83)95-74(68-89-76(81)62-57-52-46-43-40-37-35-32-29-26-23-20-17-14-11-7-2)70-93-97(85,86)91-66-73(80)67-92-98(87,88)94-71-75(69-90-77(82)63-58-53-50-49-51-56-61-72(5)9-4)96-79(84)65-59-54-47-44-41-38-34-30-27-24-21-18-15-12-8-3/h72-75,80H,6-71H2,1-5H3,(H,85,86)(H,87,88)/t72?,73-,74-,75-/m1/s1. The van der Waals surface area contributed by atoms with E-state index in [0.29, 0.717) is 25.7 Å². The molecule has 0 amide bonds. The molecule has 0 aliphatic rings. The van der Waals surface area contributed by atoms with E-state index in [1.165, 1.54) is 238 Å². The smallest absolute Gasteiger partial charge is 0.462 e. The molecule has 0 bridgehead atoms. The molecule has 0 saturated heterocycles. The summed E-state index contributed by atoms with van der Waals surface area (Å²) in [7, 11) is -9.92. The molecule has 0 aromatic rings. The number of hydrogen-bond donors (Lipinski definition) is 3. The number of hydrogen-bond acceptors (Lipinski definition) is 15. The van der Waals surface area contributed by atoms with Crippen LogP contribution in [0.3, 0.4) is 0 Å². The molecule has 0 spiro atoms. The minimum Gasteiger partial charge on any atom is -0.462 e. The molecule has 0 aliphatic heterocycles. The van der Waals surface area contributed by atoms with E-state index >= 15 is 0 Å². The lowest BCUT2D eigenvalue weighted by atomic mass is 10.00. The van der Waals surface area contributed by atoms with Gasteiger partial charge in [0.05, 0.1) is 26.4 Å². The lowest BCUT2D eigenvalue weighted by molar-refractivity contribution is -0.161. The van der Waals surface area contributed by atoms with E-state index in [1.54, 1.807) is 0 Å². The number of aliphatic hydroxyl groups is 1. The molecule has 0 aromatic heterocycles. The Labute approximate surface area is 600 Å². The first-order chi connectivity index (χ1) is 47.6. The third kappa shape index (κ3) is 71.1. The highest BCUT2D eigenvalue weighted by Gasteiger charge is 2.30. The van der Waals surface area contributed by atoms with Gasteiger partial charge < -0.3 is 33.8 Å². The number of rotatable bonds is 79. The number of carbonyl (C=O) groups excluding carboxylic acids is 4. The molecular formula is C79H154O17P2. The number of carbonyl (C=O) groups is 4. The van der Waals surface area contributed by atoms with E-state index in [1.807, 2.05) is 0 Å². The minimum absolute atomic E-state index is 0.108. The Bertz CT molecular complexity index is 1880. The lowest BCUT2D eigenvalue weighted by Crippen LogP contribution is -2.30. The van der Waals surface area contributed by atoms with Crippen molar-refractivity contribution in [1.29, 1.82) is 0 Å². The summed E-state index contributed by atoms with van der Waals surface area (Å²) in [6.45, 7) is 7.29. The monoisotopic (exact) mass is 1440 g/mol. The first kappa shape index (κ1) is 96.1. The van der Waals surface area contributed by atoms with Crippen LogP contribution in [0, 0.1) is 5.92 Å². The van der Waals surface area contributed by atoms with Crippen LogP contribution in [0.4, 0.5) is 0 Å². The normalized spacial score (nSPS) is 14.2. The molecule has 0 aliphatic carbocycles. The molecule has 0 heterocycles. The molecule has 582 valence electrons. The van der Waals surface area contributed by atoms with Crippen LogP contribution in [0.5, 0.6) is 0 Å². The maximum atomic E-state index is 13.1. The van der Waals surface area contributed by atoms with Gasteiger partial charge in [-0.1, -0.05) is 369 Å². The highest BCUT2D eigenvalue weighted by molar-refractivity contribution is 7.47. The fourth-order valence-corrected chi connectivity index (χ4v) is 13.8. The van der Waals surface area contributed by atoms with Crippen LogP contribution in [-0.4, -0.2) is 96.7 Å². The Morgan fingerprint density at radius 3 is 0.724 bits per heavy atom. The Balaban J connectivity index is 5.25. The Morgan fingerprint density at radius 2 is 0.490 bits per heavy atom. The first-order valence-corrected chi connectivity index (χ1v) is 44.2. The van der Waals surface area contributed by atoms with Gasteiger partial charge in [-0.25, -0.2) is 9.13 Å². The van der Waals surface area contributed by atoms with Crippen LogP contribution in [0.15, 0.2) is 0 Å². The molecule has 98 heavy (non-hydrogen) atoms. The molecule has 0 fully saturated rings. The molecule has 3 unspecified atom stereocenters. The van der Waals surface area contributed by atoms with Crippen LogP contribution in [0.1, 0.15) is 420 Å². The van der Waals surface area contributed by atoms with Crippen molar-refractivity contribution in [3.05, 3.63) is 0 Å². The number of phosphoric acid groups is 2. The zero-order valence-corrected chi connectivity index (χ0v) is 65.7. The molecule has 0 saturated carbocycles. The van der Waals surface area contributed by atoms with Gasteiger partial charge in [-0.05, 0) is 31.6 Å². The van der Waals surface area contributed by atoms with Gasteiger partial charge in [-0.2, -0.15) is 0 Å². The summed E-state index contributed by atoms with van der Waals surface area (Å²) in [5, 5.41) is 10.6. The molecular weight excluding hydrogens is 1280 g/mol. The summed E-state index contributed by atoms with van der Waals surface area (Å²) in [5.74, 6) is -1.38. The molecule has 19 heteroatoms. The first-order valence-electron chi connectivity index (χ1n) is 41.2. The second kappa shape index (κ2) is 72.0. The summed E-state index contributed by atoms with van der Waals surface area (Å²) in [6, 6.07) is 0. The van der Waals surface area contributed by atoms with Crippen LogP contribution < -0.4 is 0 Å². The average Bonchev–Trinajstić information content (AvgIpc) is 0.958. The second-order valence-electron chi connectivity index (χ2n) is 28.7. The third-order valence-electron chi connectivity index (χ3n) is 18.9. The van der Waals surface area contributed by atoms with Crippen molar-refractivity contribution in [1.82, 2.24) is 0 Å². The van der Waals surface area contributed by atoms with E-state index in [0.717, 1.165) is 102 Å². The minimum atomic E-state index is -4.96. The average molecular weight is 1440 g/mol. The van der Waals surface area contributed by atoms with Crippen molar-refractivity contribution in [3.63, 3.8) is 0 Å². The summed E-state index contributed by atoms with van der Waals surface area (Å²) in [5.41, 5.74) is 0. The van der Waals surface area contributed by atoms with Crippen LogP contribution in [0.25, 0.3) is 0 Å². The third-order valence-corrected chi connectivity index (χ3v) is 20.8. The van der Waals surface area contributed by atoms with Gasteiger partial charge in [-0.3, -0.25) is 37.3 Å². The second-order valence-corrected chi connectivity index (χ2v) is 31.6. The van der Waals surface area contributed by atoms with Gasteiger partial charge in [0.25, 0.3) is 0 Å². The van der Waals surface area contributed by atoms with E-state index in [2.05, 4.69) is 34.6 Å². The van der Waals surface area contributed by atoms with Crippen molar-refractivity contribution in [2.45, 2.75) is 438 Å². The Morgan fingerprint density at radius 1 is 0.286 bits per heavy atom. The quantitative estimate of drug-likeness (QED) is 0.0222. The summed E-state index contributed by atoms with van der Waals surface area (Å²) in [6.07, 6.45) is 62.4. The number of esters is 4. The summed E-state index contributed by atoms with van der Waals surface area (Å²) in [4.78, 5) is 73.0. The SMILES string of the molecule is CCCCCCCCCCCCCCCCCCCC(=O)O[C@H](COC(=O)CCCCCCCCCCCCCCCCCC)COP(=O)(O)OC[C@@H](O)COP(=O)(O)OC[C@@H](COC(=O)CCCCCCCCC(C)CC)OC(=O)CCCCCCCCCCCCCCCCC.